The Kier molecular flexibility index (Phi) is 3.25. The molecule has 1 aliphatic carbocycles. The second-order valence-electron chi connectivity index (χ2n) is 4.44. The van der Waals surface area contributed by atoms with Gasteiger partial charge < -0.3 is 0 Å². The second-order valence-corrected chi connectivity index (χ2v) is 4.44. The van der Waals surface area contributed by atoms with Crippen molar-refractivity contribution in [1.82, 2.24) is 0 Å². The van der Waals surface area contributed by atoms with Crippen LogP contribution in [0.1, 0.15) is 49.8 Å². The molecule has 0 bridgehead atoms. The minimum Gasteiger partial charge on any atom is -0.0696 e. The lowest BCUT2D eigenvalue weighted by molar-refractivity contribution is 0.865. The Morgan fingerprint density at radius 1 is 1.13 bits per heavy atom. The van der Waals surface area contributed by atoms with Crippen LogP contribution in [0, 0.1) is 0 Å². The number of rotatable bonds is 3. The van der Waals surface area contributed by atoms with Crippen LogP contribution in [0.4, 0.5) is 0 Å². The van der Waals surface area contributed by atoms with Gasteiger partial charge in [-0.3, -0.25) is 0 Å². The fraction of sp³-hybridized carbons (Fsp3) is 0.467. The Balaban J connectivity index is 2.28. The van der Waals surface area contributed by atoms with E-state index in [-0.39, 0.29) is 0 Å². The van der Waals surface area contributed by atoms with Crippen LogP contribution in [0.5, 0.6) is 0 Å². The zero-order chi connectivity index (χ0) is 10.7. The standard InChI is InChI=1S/C15H20/c1-3-5-13-7-9-14-10-12(4-2)6-8-15(14)11-13/h7,9-11H,3-6,8H2,1-2H3. The van der Waals surface area contributed by atoms with Crippen LogP contribution in [-0.4, -0.2) is 0 Å². The summed E-state index contributed by atoms with van der Waals surface area (Å²) in [4.78, 5) is 0. The maximum absolute atomic E-state index is 2.40. The molecule has 0 saturated carbocycles. The van der Waals surface area contributed by atoms with E-state index in [0.29, 0.717) is 0 Å². The van der Waals surface area contributed by atoms with Crippen molar-refractivity contribution in [2.24, 2.45) is 0 Å². The smallest absolute Gasteiger partial charge is 0.0225 e. The Hall–Kier alpha value is -1.04. The number of aryl methyl sites for hydroxylation is 2. The maximum Gasteiger partial charge on any atom is -0.0225 e. The Bertz CT molecular complexity index is 372. The van der Waals surface area contributed by atoms with Crippen LogP contribution < -0.4 is 0 Å². The van der Waals surface area contributed by atoms with Crippen molar-refractivity contribution in [2.45, 2.75) is 46.0 Å². The van der Waals surface area contributed by atoms with Gasteiger partial charge in [0.05, 0.1) is 0 Å². The van der Waals surface area contributed by atoms with Crippen LogP contribution in [0.3, 0.4) is 0 Å². The Morgan fingerprint density at radius 3 is 2.73 bits per heavy atom. The molecular weight excluding hydrogens is 180 g/mol. The molecule has 1 aliphatic rings. The topological polar surface area (TPSA) is 0 Å². The summed E-state index contributed by atoms with van der Waals surface area (Å²) in [6, 6.07) is 6.99. The number of benzene rings is 1. The molecule has 0 aliphatic heterocycles. The molecule has 15 heavy (non-hydrogen) atoms. The molecule has 0 radical (unpaired) electrons. The minimum absolute atomic E-state index is 1.20. The second kappa shape index (κ2) is 4.65. The highest BCUT2D eigenvalue weighted by Crippen LogP contribution is 2.26. The zero-order valence-electron chi connectivity index (χ0n) is 9.84. The summed E-state index contributed by atoms with van der Waals surface area (Å²) in [5.41, 5.74) is 6.12. The van der Waals surface area contributed by atoms with Gasteiger partial charge in [-0.05, 0) is 42.4 Å². The first-order valence-electron chi connectivity index (χ1n) is 6.14. The van der Waals surface area contributed by atoms with E-state index in [4.69, 9.17) is 0 Å². The first kappa shape index (κ1) is 10.5. The molecule has 0 fully saturated rings. The van der Waals surface area contributed by atoms with Crippen molar-refractivity contribution in [3.05, 3.63) is 40.5 Å². The van der Waals surface area contributed by atoms with Crippen molar-refractivity contribution in [3.8, 4) is 0 Å². The zero-order valence-corrected chi connectivity index (χ0v) is 9.84. The molecule has 0 amide bonds. The molecule has 0 heteroatoms. The average molecular weight is 200 g/mol. The average Bonchev–Trinajstić information content (AvgIpc) is 2.29. The van der Waals surface area contributed by atoms with Crippen molar-refractivity contribution >= 4 is 6.08 Å². The molecule has 2 rings (SSSR count). The first-order valence-corrected chi connectivity index (χ1v) is 6.14. The van der Waals surface area contributed by atoms with E-state index in [2.05, 4.69) is 38.1 Å². The van der Waals surface area contributed by atoms with E-state index in [1.54, 1.807) is 11.1 Å². The quantitative estimate of drug-likeness (QED) is 0.679. The van der Waals surface area contributed by atoms with Crippen molar-refractivity contribution in [2.75, 3.05) is 0 Å². The molecule has 0 N–H and O–H groups in total. The Labute approximate surface area is 93.0 Å². The minimum atomic E-state index is 1.20. The van der Waals surface area contributed by atoms with Crippen LogP contribution in [0.25, 0.3) is 6.08 Å². The molecule has 0 unspecified atom stereocenters. The van der Waals surface area contributed by atoms with E-state index in [1.165, 1.54) is 43.2 Å². The highest BCUT2D eigenvalue weighted by Gasteiger charge is 2.09. The van der Waals surface area contributed by atoms with Gasteiger partial charge in [0.1, 0.15) is 0 Å². The van der Waals surface area contributed by atoms with E-state index < -0.39 is 0 Å². The lowest BCUT2D eigenvalue weighted by Crippen LogP contribution is -2.00. The monoisotopic (exact) mass is 200 g/mol. The van der Waals surface area contributed by atoms with Gasteiger partial charge in [-0.1, -0.05) is 50.1 Å². The normalized spacial score (nSPS) is 14.7. The summed E-state index contributed by atoms with van der Waals surface area (Å²) >= 11 is 0. The highest BCUT2D eigenvalue weighted by molar-refractivity contribution is 5.60. The van der Waals surface area contributed by atoms with Crippen LogP contribution in [-0.2, 0) is 12.8 Å². The number of allylic oxidation sites excluding steroid dienone is 1. The molecule has 0 aromatic heterocycles. The van der Waals surface area contributed by atoms with Gasteiger partial charge in [0.15, 0.2) is 0 Å². The Morgan fingerprint density at radius 2 is 2.00 bits per heavy atom. The van der Waals surface area contributed by atoms with Crippen molar-refractivity contribution in [3.63, 3.8) is 0 Å². The van der Waals surface area contributed by atoms with Crippen molar-refractivity contribution < 1.29 is 0 Å². The predicted octanol–water partition coefficient (Wildman–Crippen LogP) is 4.38. The van der Waals surface area contributed by atoms with E-state index in [9.17, 15) is 0 Å². The summed E-state index contributed by atoms with van der Waals surface area (Å²) in [6.07, 6.45) is 8.56. The SMILES string of the molecule is CCCc1ccc2c(c1)CCC(CC)=C2. The molecule has 1 aromatic carbocycles. The summed E-state index contributed by atoms with van der Waals surface area (Å²) in [7, 11) is 0. The molecular formula is C15H20. The fourth-order valence-corrected chi connectivity index (χ4v) is 2.33. The van der Waals surface area contributed by atoms with Gasteiger partial charge in [0.25, 0.3) is 0 Å². The first-order chi connectivity index (χ1) is 7.33. The number of hydrogen-bond acceptors (Lipinski definition) is 0. The van der Waals surface area contributed by atoms with Gasteiger partial charge in [-0.25, -0.2) is 0 Å². The van der Waals surface area contributed by atoms with Gasteiger partial charge in [0, 0.05) is 0 Å². The van der Waals surface area contributed by atoms with Gasteiger partial charge >= 0.3 is 0 Å². The van der Waals surface area contributed by atoms with Gasteiger partial charge in [-0.15, -0.1) is 0 Å². The summed E-state index contributed by atoms with van der Waals surface area (Å²) in [5.74, 6) is 0. The maximum atomic E-state index is 2.40. The summed E-state index contributed by atoms with van der Waals surface area (Å²) in [6.45, 7) is 4.50. The van der Waals surface area contributed by atoms with Gasteiger partial charge in [0.2, 0.25) is 0 Å². The third kappa shape index (κ3) is 2.31. The fourth-order valence-electron chi connectivity index (χ4n) is 2.33. The number of hydrogen-bond donors (Lipinski definition) is 0. The van der Waals surface area contributed by atoms with E-state index >= 15 is 0 Å². The number of fused-ring (bicyclic) bond motifs is 1. The summed E-state index contributed by atoms with van der Waals surface area (Å²) < 4.78 is 0. The third-order valence-corrected chi connectivity index (χ3v) is 3.28. The molecule has 0 atom stereocenters. The third-order valence-electron chi connectivity index (χ3n) is 3.28. The van der Waals surface area contributed by atoms with Gasteiger partial charge in [-0.2, -0.15) is 0 Å². The van der Waals surface area contributed by atoms with Crippen LogP contribution in [0.2, 0.25) is 0 Å². The van der Waals surface area contributed by atoms with Crippen molar-refractivity contribution in [1.29, 1.82) is 0 Å². The van der Waals surface area contributed by atoms with Crippen LogP contribution in [0.15, 0.2) is 23.8 Å². The summed E-state index contributed by atoms with van der Waals surface area (Å²) in [5, 5.41) is 0. The van der Waals surface area contributed by atoms with Crippen LogP contribution >= 0.6 is 0 Å². The predicted molar refractivity (Wildman–Crippen MR) is 67.0 cm³/mol. The lowest BCUT2D eigenvalue weighted by Gasteiger charge is -2.16. The molecule has 80 valence electrons. The molecule has 0 heterocycles. The highest BCUT2D eigenvalue weighted by atomic mass is 14.1. The van der Waals surface area contributed by atoms with E-state index in [1.807, 2.05) is 0 Å². The van der Waals surface area contributed by atoms with E-state index in [0.717, 1.165) is 0 Å². The molecule has 1 aromatic rings. The lowest BCUT2D eigenvalue weighted by atomic mass is 9.89. The largest absolute Gasteiger partial charge is 0.0696 e. The molecule has 0 spiro atoms. The molecule has 0 nitrogen and oxygen atoms in total. The molecule has 0 saturated heterocycles.